The van der Waals surface area contributed by atoms with Crippen LogP contribution in [0, 0.1) is 0 Å². The summed E-state index contributed by atoms with van der Waals surface area (Å²) < 4.78 is 10.5. The Labute approximate surface area is 164 Å². The molecule has 0 aliphatic heterocycles. The second-order valence-electron chi connectivity index (χ2n) is 6.32. The first-order valence-corrected chi connectivity index (χ1v) is 9.02. The van der Waals surface area contributed by atoms with Crippen molar-refractivity contribution in [2.75, 3.05) is 14.2 Å². The lowest BCUT2D eigenvalue weighted by atomic mass is 10.0. The molecule has 0 radical (unpaired) electrons. The van der Waals surface area contributed by atoms with Gasteiger partial charge in [-0.15, -0.1) is 0 Å². The first-order valence-electron chi connectivity index (χ1n) is 9.02. The van der Waals surface area contributed by atoms with Crippen molar-refractivity contribution in [3.05, 3.63) is 59.7 Å². The second-order valence-corrected chi connectivity index (χ2v) is 6.32. The maximum Gasteiger partial charge on any atom is 0.315 e. The van der Waals surface area contributed by atoms with Gasteiger partial charge in [0.1, 0.15) is 11.5 Å². The molecule has 0 aromatic heterocycles. The molecule has 0 saturated heterocycles. The van der Waals surface area contributed by atoms with Crippen molar-refractivity contribution in [3.63, 3.8) is 0 Å². The van der Waals surface area contributed by atoms with Crippen LogP contribution in [-0.2, 0) is 17.8 Å². The van der Waals surface area contributed by atoms with Crippen LogP contribution in [0.2, 0.25) is 0 Å². The fourth-order valence-corrected chi connectivity index (χ4v) is 2.85. The maximum absolute atomic E-state index is 12.4. The summed E-state index contributed by atoms with van der Waals surface area (Å²) in [6.45, 7) is 0.253. The number of amides is 2. The molecule has 2 aromatic carbocycles. The van der Waals surface area contributed by atoms with Gasteiger partial charge in [0.2, 0.25) is 0 Å². The zero-order chi connectivity index (χ0) is 20.4. The number of ether oxygens (including phenoxy) is 2. The van der Waals surface area contributed by atoms with E-state index in [4.69, 9.17) is 14.6 Å². The van der Waals surface area contributed by atoms with Crippen molar-refractivity contribution < 1.29 is 24.2 Å². The van der Waals surface area contributed by atoms with Crippen molar-refractivity contribution in [1.82, 2.24) is 10.6 Å². The van der Waals surface area contributed by atoms with Gasteiger partial charge in [0.25, 0.3) is 0 Å². The molecular formula is C21H26N2O5. The van der Waals surface area contributed by atoms with Crippen molar-refractivity contribution >= 4 is 12.0 Å². The van der Waals surface area contributed by atoms with Crippen LogP contribution < -0.4 is 20.1 Å². The number of urea groups is 1. The average molecular weight is 386 g/mol. The summed E-state index contributed by atoms with van der Waals surface area (Å²) in [5.41, 5.74) is 1.81. The van der Waals surface area contributed by atoms with Crippen LogP contribution in [0.25, 0.3) is 0 Å². The Morgan fingerprint density at radius 1 is 1.07 bits per heavy atom. The number of methoxy groups -OCH3 is 2. The third-order valence-corrected chi connectivity index (χ3v) is 4.29. The van der Waals surface area contributed by atoms with E-state index in [0.717, 1.165) is 11.1 Å². The number of aliphatic carboxylic acids is 1. The SMILES string of the molecule is COc1ccc(OC)c(CNC(=O)NC(CCC(=O)O)Cc2ccccc2)c1. The van der Waals surface area contributed by atoms with Gasteiger partial charge < -0.3 is 25.2 Å². The van der Waals surface area contributed by atoms with Gasteiger partial charge in [-0.25, -0.2) is 4.79 Å². The molecule has 0 bridgehead atoms. The van der Waals surface area contributed by atoms with Crippen LogP contribution in [0.4, 0.5) is 4.79 Å². The normalized spacial score (nSPS) is 11.4. The van der Waals surface area contributed by atoms with E-state index >= 15 is 0 Å². The highest BCUT2D eigenvalue weighted by molar-refractivity contribution is 5.74. The number of carbonyl (C=O) groups excluding carboxylic acids is 1. The number of carbonyl (C=O) groups is 2. The van der Waals surface area contributed by atoms with E-state index in [9.17, 15) is 9.59 Å². The van der Waals surface area contributed by atoms with E-state index in [2.05, 4.69) is 10.6 Å². The van der Waals surface area contributed by atoms with Gasteiger partial charge in [0.15, 0.2) is 0 Å². The molecule has 0 spiro atoms. The molecular weight excluding hydrogens is 360 g/mol. The third-order valence-electron chi connectivity index (χ3n) is 4.29. The molecule has 3 N–H and O–H groups in total. The molecule has 7 nitrogen and oxygen atoms in total. The number of hydrogen-bond donors (Lipinski definition) is 3. The zero-order valence-electron chi connectivity index (χ0n) is 16.1. The number of carboxylic acids is 1. The Bertz CT molecular complexity index is 780. The third kappa shape index (κ3) is 6.83. The highest BCUT2D eigenvalue weighted by atomic mass is 16.5. The van der Waals surface area contributed by atoms with Crippen LogP contribution in [0.15, 0.2) is 48.5 Å². The minimum Gasteiger partial charge on any atom is -0.497 e. The fraction of sp³-hybridized carbons (Fsp3) is 0.333. The number of nitrogens with one attached hydrogen (secondary N) is 2. The number of hydrogen-bond acceptors (Lipinski definition) is 4. The van der Waals surface area contributed by atoms with E-state index in [0.29, 0.717) is 24.3 Å². The molecule has 28 heavy (non-hydrogen) atoms. The lowest BCUT2D eigenvalue weighted by Crippen LogP contribution is -2.43. The lowest BCUT2D eigenvalue weighted by molar-refractivity contribution is -0.137. The van der Waals surface area contributed by atoms with Gasteiger partial charge >= 0.3 is 12.0 Å². The number of benzene rings is 2. The lowest BCUT2D eigenvalue weighted by Gasteiger charge is -2.19. The molecule has 150 valence electrons. The van der Waals surface area contributed by atoms with E-state index < -0.39 is 5.97 Å². The summed E-state index contributed by atoms with van der Waals surface area (Å²) >= 11 is 0. The van der Waals surface area contributed by atoms with Crippen molar-refractivity contribution in [3.8, 4) is 11.5 Å². The van der Waals surface area contributed by atoms with Gasteiger partial charge in [-0.1, -0.05) is 30.3 Å². The summed E-state index contributed by atoms with van der Waals surface area (Å²) in [6.07, 6.45) is 0.894. The van der Waals surface area contributed by atoms with E-state index in [1.54, 1.807) is 32.4 Å². The minimum absolute atomic E-state index is 0.0124. The number of rotatable bonds is 10. The van der Waals surface area contributed by atoms with Crippen molar-refractivity contribution in [2.24, 2.45) is 0 Å². The van der Waals surface area contributed by atoms with Gasteiger partial charge in [0.05, 0.1) is 14.2 Å². The molecule has 0 saturated carbocycles. The van der Waals surface area contributed by atoms with Crippen molar-refractivity contribution in [1.29, 1.82) is 0 Å². The van der Waals surface area contributed by atoms with Gasteiger partial charge in [-0.05, 0) is 36.6 Å². The summed E-state index contributed by atoms with van der Waals surface area (Å²) in [4.78, 5) is 23.3. The van der Waals surface area contributed by atoms with E-state index in [1.807, 2.05) is 30.3 Å². The molecule has 0 aliphatic rings. The van der Waals surface area contributed by atoms with Gasteiger partial charge in [-0.3, -0.25) is 4.79 Å². The fourth-order valence-electron chi connectivity index (χ4n) is 2.85. The van der Waals surface area contributed by atoms with Crippen LogP contribution >= 0.6 is 0 Å². The van der Waals surface area contributed by atoms with Crippen molar-refractivity contribution in [2.45, 2.75) is 31.8 Å². The van der Waals surface area contributed by atoms with Crippen LogP contribution in [-0.4, -0.2) is 37.4 Å². The Morgan fingerprint density at radius 2 is 1.82 bits per heavy atom. The summed E-state index contributed by atoms with van der Waals surface area (Å²) in [5, 5.41) is 14.6. The quantitative estimate of drug-likeness (QED) is 0.583. The largest absolute Gasteiger partial charge is 0.497 e. The maximum atomic E-state index is 12.4. The van der Waals surface area contributed by atoms with E-state index in [1.165, 1.54) is 0 Å². The van der Waals surface area contributed by atoms with Crippen LogP contribution in [0.5, 0.6) is 11.5 Å². The monoisotopic (exact) mass is 386 g/mol. The average Bonchev–Trinajstić information content (AvgIpc) is 2.71. The first-order chi connectivity index (χ1) is 13.5. The molecule has 2 aromatic rings. The highest BCUT2D eigenvalue weighted by Gasteiger charge is 2.15. The second kappa shape index (κ2) is 10.8. The highest BCUT2D eigenvalue weighted by Crippen LogP contribution is 2.23. The van der Waals surface area contributed by atoms with E-state index in [-0.39, 0.29) is 25.0 Å². The molecule has 0 fully saturated rings. The molecule has 0 aliphatic carbocycles. The minimum atomic E-state index is -0.888. The number of carboxylic acid groups (broad SMARTS) is 1. The van der Waals surface area contributed by atoms with Crippen LogP contribution in [0.3, 0.4) is 0 Å². The molecule has 2 rings (SSSR count). The molecule has 1 atom stereocenters. The molecule has 2 amide bonds. The Morgan fingerprint density at radius 3 is 2.46 bits per heavy atom. The zero-order valence-corrected chi connectivity index (χ0v) is 16.1. The van der Waals surface area contributed by atoms with Crippen LogP contribution in [0.1, 0.15) is 24.0 Å². The first kappa shape index (κ1) is 21.1. The predicted molar refractivity (Wildman–Crippen MR) is 106 cm³/mol. The smallest absolute Gasteiger partial charge is 0.315 e. The standard InChI is InChI=1S/C21H26N2O5/c1-27-18-9-10-19(28-2)16(13-18)14-22-21(26)23-17(8-11-20(24)25)12-15-6-4-3-5-7-15/h3-7,9-10,13,17H,8,11-12,14H2,1-2H3,(H,24,25)(H2,22,23,26). The summed E-state index contributed by atoms with van der Waals surface area (Å²) in [7, 11) is 3.13. The molecule has 0 heterocycles. The van der Waals surface area contributed by atoms with Gasteiger partial charge in [-0.2, -0.15) is 0 Å². The summed E-state index contributed by atoms with van der Waals surface area (Å²) in [5.74, 6) is 0.427. The molecule has 7 heteroatoms. The summed E-state index contributed by atoms with van der Waals surface area (Å²) in [6, 6.07) is 14.4. The Balaban J connectivity index is 1.97. The molecule has 1 unspecified atom stereocenters. The van der Waals surface area contributed by atoms with Gasteiger partial charge in [0, 0.05) is 24.6 Å². The Hall–Kier alpha value is -3.22. The topological polar surface area (TPSA) is 96.9 Å². The predicted octanol–water partition coefficient (Wildman–Crippen LogP) is 2.98. The Kier molecular flexibility index (Phi) is 8.14.